The maximum absolute atomic E-state index is 11.2. The van der Waals surface area contributed by atoms with Crippen LogP contribution < -0.4 is 9.47 Å². The molecule has 0 bridgehead atoms. The van der Waals surface area contributed by atoms with Crippen molar-refractivity contribution in [1.29, 1.82) is 5.26 Å². The van der Waals surface area contributed by atoms with E-state index in [1.807, 2.05) is 66.5 Å². The Morgan fingerprint density at radius 1 is 0.950 bits per heavy atom. The SMILES string of the molecule is COc1cc(-n2ncc3c(-c4cccc(-c5nc6cc(CN(C)C7CCC(CC(=O)O)CC7)cc(C#N)c6o5)c4C)cccc32)cc(OC)c1CN(C)[C@H]1CCOC[C@H]1O. The summed E-state index contributed by atoms with van der Waals surface area (Å²) in [6.45, 7) is 4.16. The highest BCUT2D eigenvalue weighted by molar-refractivity contribution is 5.97. The number of aliphatic carboxylic acids is 1. The molecule has 1 aliphatic carbocycles. The first-order valence-corrected chi connectivity index (χ1v) is 20.6. The molecular weight excluding hydrogens is 761 g/mol. The normalized spacial score (nSPS) is 19.6. The minimum absolute atomic E-state index is 0.0398. The Labute approximate surface area is 349 Å². The van der Waals surface area contributed by atoms with Gasteiger partial charge in [0, 0.05) is 61.3 Å². The molecule has 2 aliphatic rings. The molecule has 2 aromatic heterocycles. The summed E-state index contributed by atoms with van der Waals surface area (Å²) in [5.41, 5.74) is 8.91. The monoisotopic (exact) mass is 812 g/mol. The smallest absolute Gasteiger partial charge is 0.303 e. The number of aliphatic hydroxyl groups is 1. The average molecular weight is 813 g/mol. The minimum atomic E-state index is -0.724. The second-order valence-electron chi connectivity index (χ2n) is 16.3. The van der Waals surface area contributed by atoms with Crippen LogP contribution in [0.5, 0.6) is 11.5 Å². The zero-order chi connectivity index (χ0) is 42.1. The molecule has 13 heteroatoms. The number of nitrogens with zero attached hydrogens (tertiary/aromatic N) is 6. The number of ether oxygens (including phenoxy) is 3. The Morgan fingerprint density at radius 2 is 1.67 bits per heavy atom. The number of nitriles is 1. The van der Waals surface area contributed by atoms with E-state index in [0.717, 1.165) is 82.1 Å². The van der Waals surface area contributed by atoms with Crippen molar-refractivity contribution in [2.45, 2.75) is 76.7 Å². The van der Waals surface area contributed by atoms with Crippen molar-refractivity contribution in [3.8, 4) is 45.8 Å². The van der Waals surface area contributed by atoms with Crippen LogP contribution in [0.4, 0.5) is 0 Å². The summed E-state index contributed by atoms with van der Waals surface area (Å²) in [7, 11) is 7.39. The third-order valence-corrected chi connectivity index (χ3v) is 12.6. The van der Waals surface area contributed by atoms with Gasteiger partial charge in [-0.2, -0.15) is 10.4 Å². The van der Waals surface area contributed by atoms with E-state index >= 15 is 0 Å². The molecule has 13 nitrogen and oxygen atoms in total. The fourth-order valence-corrected chi connectivity index (χ4v) is 9.33. The minimum Gasteiger partial charge on any atom is -0.496 e. The molecule has 2 fully saturated rings. The van der Waals surface area contributed by atoms with E-state index in [1.54, 1.807) is 14.2 Å². The van der Waals surface area contributed by atoms with Crippen molar-refractivity contribution in [3.63, 3.8) is 0 Å². The topological polar surface area (TPSA) is 159 Å². The number of rotatable bonds is 13. The van der Waals surface area contributed by atoms with E-state index in [4.69, 9.17) is 28.7 Å². The Balaban J connectivity index is 1.07. The van der Waals surface area contributed by atoms with Gasteiger partial charge in [-0.3, -0.25) is 14.6 Å². The number of methoxy groups -OCH3 is 2. The molecule has 1 saturated carbocycles. The number of carboxylic acids is 1. The highest BCUT2D eigenvalue weighted by Crippen LogP contribution is 2.39. The van der Waals surface area contributed by atoms with Crippen LogP contribution >= 0.6 is 0 Å². The van der Waals surface area contributed by atoms with E-state index in [-0.39, 0.29) is 18.4 Å². The molecule has 2 N–H and O–H groups in total. The third kappa shape index (κ3) is 8.08. The molecule has 0 radical (unpaired) electrons. The maximum Gasteiger partial charge on any atom is 0.303 e. The molecule has 4 aromatic carbocycles. The Bertz CT molecular complexity index is 2540. The summed E-state index contributed by atoms with van der Waals surface area (Å²) in [4.78, 5) is 20.6. The van der Waals surface area contributed by atoms with Crippen molar-refractivity contribution < 1.29 is 33.6 Å². The number of hydrogen-bond donors (Lipinski definition) is 2. The second kappa shape index (κ2) is 17.4. The Kier molecular flexibility index (Phi) is 11.9. The van der Waals surface area contributed by atoms with Gasteiger partial charge in [0.05, 0.1) is 55.5 Å². The summed E-state index contributed by atoms with van der Waals surface area (Å²) in [6.07, 6.45) is 6.02. The number of fused-ring (bicyclic) bond motifs is 2. The Morgan fingerprint density at radius 3 is 2.37 bits per heavy atom. The predicted octanol–water partition coefficient (Wildman–Crippen LogP) is 7.74. The van der Waals surface area contributed by atoms with Gasteiger partial charge in [0.1, 0.15) is 23.1 Å². The molecule has 8 rings (SSSR count). The molecule has 0 spiro atoms. The summed E-state index contributed by atoms with van der Waals surface area (Å²) >= 11 is 0. The second-order valence-corrected chi connectivity index (χ2v) is 16.3. The van der Waals surface area contributed by atoms with Crippen LogP contribution in [0.3, 0.4) is 0 Å². The third-order valence-electron chi connectivity index (χ3n) is 12.6. The van der Waals surface area contributed by atoms with Gasteiger partial charge < -0.3 is 28.8 Å². The van der Waals surface area contributed by atoms with E-state index in [1.165, 1.54) is 0 Å². The number of benzene rings is 4. The van der Waals surface area contributed by atoms with E-state index < -0.39 is 12.1 Å². The molecule has 0 unspecified atom stereocenters. The van der Waals surface area contributed by atoms with Gasteiger partial charge in [-0.25, -0.2) is 9.67 Å². The molecule has 1 saturated heterocycles. The Hall–Kier alpha value is -5.78. The van der Waals surface area contributed by atoms with Crippen LogP contribution in [0.15, 0.2) is 71.3 Å². The fourth-order valence-electron chi connectivity index (χ4n) is 9.33. The predicted molar refractivity (Wildman–Crippen MR) is 228 cm³/mol. The summed E-state index contributed by atoms with van der Waals surface area (Å²) in [6, 6.07) is 22.7. The number of carbonyl (C=O) groups is 1. The number of aromatic nitrogens is 3. The van der Waals surface area contributed by atoms with Crippen LogP contribution in [0.1, 0.15) is 60.8 Å². The number of oxazole rings is 1. The molecule has 2 atom stereocenters. The van der Waals surface area contributed by atoms with Crippen LogP contribution in [0, 0.1) is 24.2 Å². The van der Waals surface area contributed by atoms with Crippen molar-refractivity contribution in [1.82, 2.24) is 24.6 Å². The first-order chi connectivity index (χ1) is 29.1. The van der Waals surface area contributed by atoms with Gasteiger partial charge in [0.15, 0.2) is 5.58 Å². The van der Waals surface area contributed by atoms with Crippen LogP contribution in [-0.2, 0) is 22.6 Å². The number of carboxylic acid groups (broad SMARTS) is 1. The highest BCUT2D eigenvalue weighted by atomic mass is 16.5. The number of hydrogen-bond acceptors (Lipinski definition) is 11. The maximum atomic E-state index is 11.2. The van der Waals surface area contributed by atoms with Crippen molar-refractivity contribution >= 4 is 28.0 Å². The van der Waals surface area contributed by atoms with E-state index in [9.17, 15) is 20.3 Å². The average Bonchev–Trinajstić information content (AvgIpc) is 3.89. The first-order valence-electron chi connectivity index (χ1n) is 20.6. The molecule has 3 heterocycles. The molecule has 60 heavy (non-hydrogen) atoms. The lowest BCUT2D eigenvalue weighted by Crippen LogP contribution is -2.47. The standard InChI is InChI=1S/C47H52N6O7/c1-28-34(8-6-9-35(28)47-50-39-19-30(18-31(23-48)46(39)60-47)25-51(2)32-14-12-29(13-15-32)20-45(55)56)36-10-7-11-40-37(36)24-49-53(40)33-21-43(57-4)38(44(22-33)58-5)26-52(3)41-16-17-59-27-42(41)54/h6-11,18-19,21-22,24,29,32,41-42,54H,12-17,20,25-27H2,1-5H3,(H,55,56)/t29?,32?,41-,42+/m0/s1. The summed E-state index contributed by atoms with van der Waals surface area (Å²) < 4.78 is 25.6. The lowest BCUT2D eigenvalue weighted by molar-refractivity contribution is -0.138. The molecule has 312 valence electrons. The molecule has 0 amide bonds. The number of likely N-dealkylation sites (N-methyl/N-ethyl adjacent to an activating group) is 1. The van der Waals surface area contributed by atoms with Crippen LogP contribution in [0.2, 0.25) is 0 Å². The van der Waals surface area contributed by atoms with E-state index in [0.29, 0.717) is 66.4 Å². The highest BCUT2D eigenvalue weighted by Gasteiger charge is 2.30. The fraction of sp³-hybridized carbons (Fsp3) is 0.404. The largest absolute Gasteiger partial charge is 0.496 e. The molecule has 6 aromatic rings. The molecule has 1 aliphatic heterocycles. The quantitative estimate of drug-likeness (QED) is 0.117. The lowest BCUT2D eigenvalue weighted by Gasteiger charge is -2.35. The summed E-state index contributed by atoms with van der Waals surface area (Å²) in [5, 5.41) is 35.8. The lowest BCUT2D eigenvalue weighted by atomic mass is 9.83. The van der Waals surface area contributed by atoms with Gasteiger partial charge in [-0.15, -0.1) is 0 Å². The van der Waals surface area contributed by atoms with E-state index in [2.05, 4.69) is 42.0 Å². The van der Waals surface area contributed by atoms with Crippen LogP contribution in [0.25, 0.3) is 50.3 Å². The van der Waals surface area contributed by atoms with Crippen molar-refractivity contribution in [2.24, 2.45) is 5.92 Å². The zero-order valence-corrected chi connectivity index (χ0v) is 34.9. The summed E-state index contributed by atoms with van der Waals surface area (Å²) in [5.74, 6) is 1.29. The van der Waals surface area contributed by atoms with Crippen molar-refractivity contribution in [3.05, 3.63) is 89.1 Å². The van der Waals surface area contributed by atoms with Gasteiger partial charge >= 0.3 is 5.97 Å². The van der Waals surface area contributed by atoms with Gasteiger partial charge in [0.2, 0.25) is 5.89 Å². The van der Waals surface area contributed by atoms with Gasteiger partial charge in [-0.05, 0) is 106 Å². The number of aliphatic hydroxyl groups excluding tert-OH is 1. The van der Waals surface area contributed by atoms with Gasteiger partial charge in [0.25, 0.3) is 0 Å². The van der Waals surface area contributed by atoms with Gasteiger partial charge in [-0.1, -0.05) is 24.3 Å². The van der Waals surface area contributed by atoms with Crippen LogP contribution in [-0.4, -0.2) is 100 Å². The van der Waals surface area contributed by atoms with Crippen molar-refractivity contribution in [2.75, 3.05) is 41.5 Å². The first kappa shape index (κ1) is 41.0. The molecular formula is C47H52N6O7. The zero-order valence-electron chi connectivity index (χ0n) is 34.9.